The van der Waals surface area contributed by atoms with Gasteiger partial charge in [-0.3, -0.25) is 9.59 Å². The number of ether oxygens (including phenoxy) is 1. The third-order valence-corrected chi connectivity index (χ3v) is 1.79. The standard InChI is InChI=1S/C12H13O3/c1-10(13)15-12(14)9-5-8-11-6-3-2-4-7-11/h2-7H,8-9H2,1H3. The third-order valence-electron chi connectivity index (χ3n) is 1.79. The summed E-state index contributed by atoms with van der Waals surface area (Å²) in [6, 6.07) is 9.78. The van der Waals surface area contributed by atoms with Crippen molar-refractivity contribution in [2.75, 3.05) is 0 Å². The zero-order valence-corrected chi connectivity index (χ0v) is 8.60. The highest BCUT2D eigenvalue weighted by atomic mass is 16.6. The lowest BCUT2D eigenvalue weighted by Crippen LogP contribution is -2.09. The van der Waals surface area contributed by atoms with Gasteiger partial charge in [0.25, 0.3) is 0 Å². The van der Waals surface area contributed by atoms with Crippen molar-refractivity contribution in [1.82, 2.24) is 0 Å². The molecular weight excluding hydrogens is 192 g/mol. The van der Waals surface area contributed by atoms with Crippen molar-refractivity contribution in [3.05, 3.63) is 42.3 Å². The van der Waals surface area contributed by atoms with Crippen molar-refractivity contribution in [2.45, 2.75) is 19.8 Å². The molecule has 0 saturated heterocycles. The number of carbonyl (C=O) groups is 2. The van der Waals surface area contributed by atoms with E-state index in [-0.39, 0.29) is 6.42 Å². The van der Waals surface area contributed by atoms with Crippen LogP contribution in [-0.4, -0.2) is 11.9 Å². The van der Waals surface area contributed by atoms with Gasteiger partial charge < -0.3 is 4.74 Å². The molecule has 1 rings (SSSR count). The van der Waals surface area contributed by atoms with Gasteiger partial charge in [-0.15, -0.1) is 0 Å². The number of hydrogen-bond donors (Lipinski definition) is 0. The highest BCUT2D eigenvalue weighted by molar-refractivity contribution is 5.84. The van der Waals surface area contributed by atoms with Crippen molar-refractivity contribution in [1.29, 1.82) is 0 Å². The predicted octanol–water partition coefficient (Wildman–Crippen LogP) is 1.91. The van der Waals surface area contributed by atoms with Gasteiger partial charge in [0.15, 0.2) is 0 Å². The Labute approximate surface area is 89.1 Å². The number of benzene rings is 1. The lowest BCUT2D eigenvalue weighted by molar-refractivity contribution is -0.157. The lowest BCUT2D eigenvalue weighted by atomic mass is 10.1. The molecule has 15 heavy (non-hydrogen) atoms. The van der Waals surface area contributed by atoms with Crippen LogP contribution < -0.4 is 0 Å². The summed E-state index contributed by atoms with van der Waals surface area (Å²) in [6.07, 6.45) is 2.66. The van der Waals surface area contributed by atoms with E-state index in [1.807, 2.05) is 30.3 Å². The molecule has 0 aliphatic carbocycles. The molecule has 0 aromatic heterocycles. The van der Waals surface area contributed by atoms with E-state index >= 15 is 0 Å². The Morgan fingerprint density at radius 2 is 1.93 bits per heavy atom. The number of rotatable bonds is 4. The van der Waals surface area contributed by atoms with Gasteiger partial charge in [-0.25, -0.2) is 0 Å². The van der Waals surface area contributed by atoms with Gasteiger partial charge in [0.05, 0.1) is 0 Å². The second-order valence-corrected chi connectivity index (χ2v) is 3.15. The molecular formula is C12H13O3. The van der Waals surface area contributed by atoms with Crippen molar-refractivity contribution in [3.63, 3.8) is 0 Å². The Morgan fingerprint density at radius 1 is 1.27 bits per heavy atom. The van der Waals surface area contributed by atoms with Gasteiger partial charge in [-0.2, -0.15) is 0 Å². The van der Waals surface area contributed by atoms with Crippen LogP contribution in [0.3, 0.4) is 0 Å². The normalized spacial score (nSPS) is 9.67. The highest BCUT2D eigenvalue weighted by Crippen LogP contribution is 2.04. The van der Waals surface area contributed by atoms with E-state index in [0.717, 1.165) is 5.56 Å². The Hall–Kier alpha value is -1.64. The molecule has 0 fully saturated rings. The Morgan fingerprint density at radius 3 is 2.53 bits per heavy atom. The summed E-state index contributed by atoms with van der Waals surface area (Å²) >= 11 is 0. The van der Waals surface area contributed by atoms with Crippen LogP contribution in [0.4, 0.5) is 0 Å². The van der Waals surface area contributed by atoms with Crippen LogP contribution in [0.2, 0.25) is 0 Å². The second kappa shape index (κ2) is 5.96. The van der Waals surface area contributed by atoms with Crippen molar-refractivity contribution in [3.8, 4) is 0 Å². The largest absolute Gasteiger partial charge is 0.393 e. The van der Waals surface area contributed by atoms with E-state index in [0.29, 0.717) is 6.42 Å². The first-order chi connectivity index (χ1) is 7.18. The number of esters is 2. The van der Waals surface area contributed by atoms with Crippen LogP contribution >= 0.6 is 0 Å². The molecule has 0 spiro atoms. The number of carbonyl (C=O) groups excluding carboxylic acids is 2. The molecule has 0 heterocycles. The zero-order valence-electron chi connectivity index (χ0n) is 8.60. The van der Waals surface area contributed by atoms with Gasteiger partial charge >= 0.3 is 11.9 Å². The molecule has 1 aromatic rings. The van der Waals surface area contributed by atoms with Crippen LogP contribution in [0.15, 0.2) is 30.3 Å². The quantitative estimate of drug-likeness (QED) is 0.557. The Bertz CT molecular complexity index is 330. The molecule has 3 heteroatoms. The van der Waals surface area contributed by atoms with Crippen molar-refractivity contribution in [2.24, 2.45) is 0 Å². The molecule has 79 valence electrons. The molecule has 1 radical (unpaired) electrons. The first-order valence-electron chi connectivity index (χ1n) is 4.75. The monoisotopic (exact) mass is 205 g/mol. The zero-order chi connectivity index (χ0) is 11.1. The van der Waals surface area contributed by atoms with Gasteiger partial charge in [-0.1, -0.05) is 30.3 Å². The minimum absolute atomic E-state index is 0.161. The molecule has 0 unspecified atom stereocenters. The first-order valence-corrected chi connectivity index (χ1v) is 4.75. The molecule has 0 N–H and O–H groups in total. The van der Waals surface area contributed by atoms with Gasteiger partial charge in [0.2, 0.25) is 0 Å². The van der Waals surface area contributed by atoms with Crippen LogP contribution in [-0.2, 0) is 20.7 Å². The van der Waals surface area contributed by atoms with Gasteiger partial charge in [0.1, 0.15) is 0 Å². The Kier molecular flexibility index (Phi) is 4.54. The summed E-state index contributed by atoms with van der Waals surface area (Å²) in [7, 11) is 0. The molecule has 0 aliphatic heterocycles. The number of hydrogen-bond acceptors (Lipinski definition) is 3. The van der Waals surface area contributed by atoms with Crippen molar-refractivity contribution >= 4 is 11.9 Å². The summed E-state index contributed by atoms with van der Waals surface area (Å²) in [5.41, 5.74) is 1.13. The van der Waals surface area contributed by atoms with Crippen molar-refractivity contribution < 1.29 is 14.3 Å². The average molecular weight is 205 g/mol. The van der Waals surface area contributed by atoms with Crippen LogP contribution in [0, 0.1) is 6.42 Å². The van der Waals surface area contributed by atoms with E-state index in [9.17, 15) is 9.59 Å². The smallest absolute Gasteiger partial charge is 0.313 e. The molecule has 0 amide bonds. The fourth-order valence-electron chi connectivity index (χ4n) is 1.17. The first kappa shape index (κ1) is 11.4. The summed E-state index contributed by atoms with van der Waals surface area (Å²) in [5, 5.41) is 0. The molecule has 0 atom stereocenters. The summed E-state index contributed by atoms with van der Waals surface area (Å²) in [4.78, 5) is 21.4. The molecule has 1 aromatic carbocycles. The minimum Gasteiger partial charge on any atom is -0.393 e. The third kappa shape index (κ3) is 4.96. The minimum atomic E-state index is -0.562. The van der Waals surface area contributed by atoms with E-state index in [1.165, 1.54) is 6.92 Å². The fourth-order valence-corrected chi connectivity index (χ4v) is 1.17. The topological polar surface area (TPSA) is 43.4 Å². The van der Waals surface area contributed by atoms with E-state index in [4.69, 9.17) is 0 Å². The lowest BCUT2D eigenvalue weighted by Gasteiger charge is -2.00. The van der Waals surface area contributed by atoms with Crippen LogP contribution in [0.1, 0.15) is 18.9 Å². The molecule has 3 nitrogen and oxygen atoms in total. The Balaban J connectivity index is 2.22. The van der Waals surface area contributed by atoms with E-state index in [2.05, 4.69) is 4.74 Å². The highest BCUT2D eigenvalue weighted by Gasteiger charge is 2.05. The van der Waals surface area contributed by atoms with Crippen LogP contribution in [0.25, 0.3) is 0 Å². The summed E-state index contributed by atoms with van der Waals surface area (Å²) in [5.74, 6) is -1.06. The second-order valence-electron chi connectivity index (χ2n) is 3.15. The fraction of sp³-hybridized carbons (Fsp3) is 0.250. The van der Waals surface area contributed by atoms with E-state index in [1.54, 1.807) is 6.42 Å². The molecule has 0 aliphatic rings. The molecule has 0 saturated carbocycles. The molecule has 0 bridgehead atoms. The SMILES string of the molecule is CC(=O)OC(=O)C[CH]Cc1ccccc1. The van der Waals surface area contributed by atoms with Gasteiger partial charge in [-0.05, 0) is 18.4 Å². The predicted molar refractivity (Wildman–Crippen MR) is 55.8 cm³/mol. The summed E-state index contributed by atoms with van der Waals surface area (Å²) < 4.78 is 4.38. The van der Waals surface area contributed by atoms with Gasteiger partial charge in [0, 0.05) is 13.3 Å². The maximum atomic E-state index is 11.0. The van der Waals surface area contributed by atoms with E-state index < -0.39 is 11.9 Å². The summed E-state index contributed by atoms with van der Waals surface area (Å²) in [6.45, 7) is 1.22. The van der Waals surface area contributed by atoms with Crippen LogP contribution in [0.5, 0.6) is 0 Å². The maximum absolute atomic E-state index is 11.0. The maximum Gasteiger partial charge on any atom is 0.313 e. The average Bonchev–Trinajstić information content (AvgIpc) is 2.18.